The highest BCUT2D eigenvalue weighted by atomic mass is 32.1. The number of benzene rings is 1. The number of aromatic nitrogens is 2. The normalized spacial score (nSPS) is 20.4. The average Bonchev–Trinajstić information content (AvgIpc) is 3.19. The van der Waals surface area contributed by atoms with Gasteiger partial charge in [-0.2, -0.15) is 4.37 Å². The van der Waals surface area contributed by atoms with Crippen LogP contribution < -0.4 is 5.32 Å². The quantitative estimate of drug-likeness (QED) is 0.805. The molecule has 0 spiro atoms. The van der Waals surface area contributed by atoms with Crippen LogP contribution in [-0.2, 0) is 4.79 Å². The minimum Gasteiger partial charge on any atom is -0.326 e. The smallest absolute Gasteiger partial charge is 0.228 e. The third kappa shape index (κ3) is 2.40. The van der Waals surface area contributed by atoms with Crippen LogP contribution in [0.25, 0.3) is 10.1 Å². The van der Waals surface area contributed by atoms with E-state index in [1.807, 2.05) is 42.6 Å². The number of fused-ring (bicyclic) bond motifs is 1. The Kier molecular flexibility index (Phi) is 2.93. The molecular formula is C16H13N3OS. The van der Waals surface area contributed by atoms with Gasteiger partial charge in [-0.25, -0.2) is 0 Å². The maximum absolute atomic E-state index is 12.3. The number of carbonyl (C=O) groups is 1. The molecule has 1 unspecified atom stereocenters. The van der Waals surface area contributed by atoms with E-state index in [1.165, 1.54) is 11.5 Å². The summed E-state index contributed by atoms with van der Waals surface area (Å²) in [6.07, 6.45) is 4.50. The second-order valence-electron chi connectivity index (χ2n) is 5.27. The zero-order valence-electron chi connectivity index (χ0n) is 11.2. The first-order chi connectivity index (χ1) is 10.3. The summed E-state index contributed by atoms with van der Waals surface area (Å²) >= 11 is 1.44. The zero-order chi connectivity index (χ0) is 14.2. The lowest BCUT2D eigenvalue weighted by atomic mass is 10.2. The fourth-order valence-electron chi connectivity index (χ4n) is 2.58. The second kappa shape index (κ2) is 4.93. The van der Waals surface area contributed by atoms with Gasteiger partial charge in [0.2, 0.25) is 5.91 Å². The van der Waals surface area contributed by atoms with Crippen LogP contribution in [0, 0.1) is 5.92 Å². The summed E-state index contributed by atoms with van der Waals surface area (Å²) < 4.78 is 5.23. The highest BCUT2D eigenvalue weighted by Gasteiger charge is 2.44. The Hall–Kier alpha value is -2.27. The monoisotopic (exact) mass is 295 g/mol. The molecule has 3 aromatic rings. The van der Waals surface area contributed by atoms with E-state index >= 15 is 0 Å². The van der Waals surface area contributed by atoms with Gasteiger partial charge in [-0.1, -0.05) is 6.07 Å². The first kappa shape index (κ1) is 12.5. The molecule has 0 aliphatic heterocycles. The number of nitrogens with zero attached hydrogens (tertiary/aromatic N) is 2. The maximum Gasteiger partial charge on any atom is 0.228 e. The van der Waals surface area contributed by atoms with Crippen LogP contribution in [-0.4, -0.2) is 15.3 Å². The van der Waals surface area contributed by atoms with E-state index in [0.29, 0.717) is 0 Å². The molecule has 1 aromatic carbocycles. The first-order valence-corrected chi connectivity index (χ1v) is 7.65. The maximum atomic E-state index is 12.3. The molecule has 1 saturated carbocycles. The summed E-state index contributed by atoms with van der Waals surface area (Å²) in [6, 6.07) is 11.7. The fraction of sp³-hybridized carbons (Fsp3) is 0.188. The summed E-state index contributed by atoms with van der Waals surface area (Å²) in [7, 11) is 0. The lowest BCUT2D eigenvalue weighted by Gasteiger charge is -2.05. The summed E-state index contributed by atoms with van der Waals surface area (Å²) in [5.41, 5.74) is 1.85. The van der Waals surface area contributed by atoms with Crippen molar-refractivity contribution in [2.45, 2.75) is 12.3 Å². The van der Waals surface area contributed by atoms with E-state index in [0.717, 1.165) is 27.9 Å². The van der Waals surface area contributed by atoms with Crippen LogP contribution >= 0.6 is 11.5 Å². The van der Waals surface area contributed by atoms with Gasteiger partial charge < -0.3 is 5.32 Å². The molecule has 1 fully saturated rings. The van der Waals surface area contributed by atoms with E-state index in [-0.39, 0.29) is 17.7 Å². The van der Waals surface area contributed by atoms with Gasteiger partial charge in [0.1, 0.15) is 0 Å². The summed E-state index contributed by atoms with van der Waals surface area (Å²) in [4.78, 5) is 16.6. The number of nitrogens with one attached hydrogen (secondary N) is 1. The van der Waals surface area contributed by atoms with Gasteiger partial charge in [-0.05, 0) is 48.3 Å². The second-order valence-corrected chi connectivity index (χ2v) is 6.10. The van der Waals surface area contributed by atoms with Crippen molar-refractivity contribution in [3.05, 3.63) is 54.5 Å². The van der Waals surface area contributed by atoms with Crippen molar-refractivity contribution in [3.63, 3.8) is 0 Å². The molecule has 2 atom stereocenters. The van der Waals surface area contributed by atoms with Crippen molar-refractivity contribution in [1.82, 2.24) is 9.36 Å². The van der Waals surface area contributed by atoms with Crippen LogP contribution in [0.5, 0.6) is 0 Å². The molecule has 1 N–H and O–H groups in total. The van der Waals surface area contributed by atoms with Crippen LogP contribution in [0.2, 0.25) is 0 Å². The van der Waals surface area contributed by atoms with Crippen LogP contribution in [0.4, 0.5) is 5.69 Å². The minimum absolute atomic E-state index is 0.0389. The van der Waals surface area contributed by atoms with E-state index < -0.39 is 0 Å². The molecule has 1 aliphatic rings. The Morgan fingerprint density at radius 3 is 3.10 bits per heavy atom. The SMILES string of the molecule is O=C(Nc1ccc2cnsc2c1)[C@@H]1CC1c1ccccn1. The molecule has 4 rings (SSSR count). The molecule has 0 saturated heterocycles. The third-order valence-electron chi connectivity index (χ3n) is 3.82. The predicted molar refractivity (Wildman–Crippen MR) is 83.3 cm³/mol. The number of rotatable bonds is 3. The first-order valence-electron chi connectivity index (χ1n) is 6.87. The predicted octanol–water partition coefficient (Wildman–Crippen LogP) is 3.43. The van der Waals surface area contributed by atoms with Crippen molar-refractivity contribution in [3.8, 4) is 0 Å². The molecule has 2 aromatic heterocycles. The molecule has 1 aliphatic carbocycles. The van der Waals surface area contributed by atoms with E-state index in [9.17, 15) is 4.79 Å². The summed E-state index contributed by atoms with van der Waals surface area (Å²) in [5.74, 6) is 0.380. The molecule has 4 nitrogen and oxygen atoms in total. The van der Waals surface area contributed by atoms with E-state index in [4.69, 9.17) is 0 Å². The molecule has 2 heterocycles. The van der Waals surface area contributed by atoms with Crippen LogP contribution in [0.3, 0.4) is 0 Å². The lowest BCUT2D eigenvalue weighted by Crippen LogP contribution is -2.14. The average molecular weight is 295 g/mol. The number of pyridine rings is 1. The number of hydrogen-bond acceptors (Lipinski definition) is 4. The van der Waals surface area contributed by atoms with Gasteiger partial charge in [0.15, 0.2) is 0 Å². The largest absolute Gasteiger partial charge is 0.326 e. The molecule has 104 valence electrons. The standard InChI is InChI=1S/C16H13N3OS/c20-16(13-8-12(13)14-3-1-2-6-17-14)19-11-5-4-10-9-18-21-15(10)7-11/h1-7,9,12-13H,8H2,(H,19,20)/t12?,13-/m1/s1. The van der Waals surface area contributed by atoms with Gasteiger partial charge in [0.25, 0.3) is 0 Å². The van der Waals surface area contributed by atoms with Gasteiger partial charge in [-0.15, -0.1) is 0 Å². The Labute approximate surface area is 126 Å². The number of anilines is 1. The van der Waals surface area contributed by atoms with Crippen molar-refractivity contribution < 1.29 is 4.79 Å². The topological polar surface area (TPSA) is 54.9 Å². The summed E-state index contributed by atoms with van der Waals surface area (Å²) in [5, 5.41) is 4.10. The van der Waals surface area contributed by atoms with Gasteiger partial charge >= 0.3 is 0 Å². The molecule has 21 heavy (non-hydrogen) atoms. The number of carbonyl (C=O) groups excluding carboxylic acids is 1. The summed E-state index contributed by atoms with van der Waals surface area (Å²) in [6.45, 7) is 0. The molecular weight excluding hydrogens is 282 g/mol. The van der Waals surface area contributed by atoms with Crippen molar-refractivity contribution >= 4 is 33.2 Å². The van der Waals surface area contributed by atoms with Crippen molar-refractivity contribution in [2.75, 3.05) is 5.32 Å². The minimum atomic E-state index is 0.0389. The third-order valence-corrected chi connectivity index (χ3v) is 4.58. The van der Waals surface area contributed by atoms with Crippen LogP contribution in [0.1, 0.15) is 18.0 Å². The van der Waals surface area contributed by atoms with E-state index in [2.05, 4.69) is 14.7 Å². The van der Waals surface area contributed by atoms with Gasteiger partial charge in [0, 0.05) is 41.0 Å². The van der Waals surface area contributed by atoms with E-state index in [1.54, 1.807) is 6.20 Å². The Bertz CT molecular complexity index is 799. The Morgan fingerprint density at radius 1 is 1.29 bits per heavy atom. The van der Waals surface area contributed by atoms with Gasteiger partial charge in [0.05, 0.1) is 4.70 Å². The highest BCUT2D eigenvalue weighted by molar-refractivity contribution is 7.13. The highest BCUT2D eigenvalue weighted by Crippen LogP contribution is 2.47. The number of hydrogen-bond donors (Lipinski definition) is 1. The molecule has 0 bridgehead atoms. The van der Waals surface area contributed by atoms with Gasteiger partial charge in [-0.3, -0.25) is 9.78 Å². The zero-order valence-corrected chi connectivity index (χ0v) is 12.0. The lowest BCUT2D eigenvalue weighted by molar-refractivity contribution is -0.117. The Balaban J connectivity index is 1.47. The Morgan fingerprint density at radius 2 is 2.24 bits per heavy atom. The van der Waals surface area contributed by atoms with Crippen molar-refractivity contribution in [2.24, 2.45) is 5.92 Å². The number of amides is 1. The molecule has 0 radical (unpaired) electrons. The fourth-order valence-corrected chi connectivity index (χ4v) is 3.27. The van der Waals surface area contributed by atoms with Crippen LogP contribution in [0.15, 0.2) is 48.8 Å². The molecule has 1 amide bonds. The van der Waals surface area contributed by atoms with Crippen molar-refractivity contribution in [1.29, 1.82) is 0 Å². The molecule has 5 heteroatoms.